The van der Waals surface area contributed by atoms with E-state index < -0.39 is 86.8 Å². The molecule has 0 aromatic rings. The van der Waals surface area contributed by atoms with Crippen LogP contribution in [0.15, 0.2) is 12.2 Å². The van der Waals surface area contributed by atoms with Gasteiger partial charge >= 0.3 is 0 Å². The van der Waals surface area contributed by atoms with E-state index in [2.05, 4.69) is 19.2 Å². The van der Waals surface area contributed by atoms with Crippen LogP contribution in [0, 0.1) is 0 Å². The Morgan fingerprint density at radius 1 is 0.547 bits per heavy atom. The van der Waals surface area contributed by atoms with E-state index in [1.165, 1.54) is 128 Å². The van der Waals surface area contributed by atoms with E-state index in [9.17, 15) is 45.6 Å². The van der Waals surface area contributed by atoms with Crippen molar-refractivity contribution < 1.29 is 64.6 Å². The third-order valence-corrected chi connectivity index (χ3v) is 13.0. The van der Waals surface area contributed by atoms with Crippen molar-refractivity contribution in [2.75, 3.05) is 19.8 Å². The quantitative estimate of drug-likeness (QED) is 0.0229. The first-order chi connectivity index (χ1) is 31.1. The van der Waals surface area contributed by atoms with Crippen LogP contribution in [0.2, 0.25) is 0 Å². The Labute approximate surface area is 386 Å². The molecule has 2 aliphatic rings. The number of aliphatic hydroxyl groups is 8. The predicted octanol–water partition coefficient (Wildman–Crippen LogP) is 6.77. The lowest BCUT2D eigenvalue weighted by atomic mass is 9.97. The zero-order valence-electron chi connectivity index (χ0n) is 40.0. The van der Waals surface area contributed by atoms with Gasteiger partial charge in [-0.1, -0.05) is 193 Å². The summed E-state index contributed by atoms with van der Waals surface area (Å²) in [6, 6.07) is -0.906. The van der Waals surface area contributed by atoms with Crippen molar-refractivity contribution in [2.45, 2.75) is 280 Å². The molecule has 2 heterocycles. The average molecular weight is 918 g/mol. The fraction of sp³-hybridized carbons (Fsp3) is 0.940. The highest BCUT2D eigenvalue weighted by atomic mass is 16.7. The molecule has 0 aliphatic carbocycles. The van der Waals surface area contributed by atoms with Gasteiger partial charge < -0.3 is 65.1 Å². The number of ether oxygens (including phenoxy) is 4. The molecule has 0 bridgehead atoms. The number of carbonyl (C=O) groups is 1. The van der Waals surface area contributed by atoms with E-state index in [4.69, 9.17) is 18.9 Å². The molecule has 12 atom stereocenters. The summed E-state index contributed by atoms with van der Waals surface area (Å²) in [4.78, 5) is 13.1. The highest BCUT2D eigenvalue weighted by Crippen LogP contribution is 2.30. The molecule has 378 valence electrons. The molecule has 2 aliphatic heterocycles. The van der Waals surface area contributed by atoms with Crippen LogP contribution in [0.25, 0.3) is 0 Å². The van der Waals surface area contributed by atoms with E-state index in [0.29, 0.717) is 6.42 Å². The lowest BCUT2D eigenvalue weighted by molar-refractivity contribution is -0.359. The van der Waals surface area contributed by atoms with Crippen LogP contribution in [-0.4, -0.2) is 140 Å². The van der Waals surface area contributed by atoms with Gasteiger partial charge in [0.2, 0.25) is 5.91 Å². The van der Waals surface area contributed by atoms with Gasteiger partial charge in [0.05, 0.1) is 32.0 Å². The van der Waals surface area contributed by atoms with E-state index in [0.717, 1.165) is 51.4 Å². The number of unbranched alkanes of at least 4 members (excludes halogenated alkanes) is 27. The molecule has 2 rings (SSSR count). The Balaban J connectivity index is 1.70. The third-order valence-electron chi connectivity index (χ3n) is 13.0. The lowest BCUT2D eigenvalue weighted by Gasteiger charge is -2.46. The van der Waals surface area contributed by atoms with Gasteiger partial charge in [-0.2, -0.15) is 0 Å². The monoisotopic (exact) mass is 918 g/mol. The molecular formula is C50H95NO13. The van der Waals surface area contributed by atoms with E-state index in [-0.39, 0.29) is 18.9 Å². The van der Waals surface area contributed by atoms with Gasteiger partial charge in [-0.15, -0.1) is 0 Å². The molecular weight excluding hydrogens is 823 g/mol. The van der Waals surface area contributed by atoms with E-state index >= 15 is 0 Å². The van der Waals surface area contributed by atoms with Crippen molar-refractivity contribution in [3.63, 3.8) is 0 Å². The van der Waals surface area contributed by atoms with E-state index in [1.807, 2.05) is 6.08 Å². The summed E-state index contributed by atoms with van der Waals surface area (Å²) in [6.07, 6.45) is 23.0. The Morgan fingerprint density at radius 2 is 0.969 bits per heavy atom. The highest BCUT2D eigenvalue weighted by molar-refractivity contribution is 5.76. The molecule has 9 N–H and O–H groups in total. The summed E-state index contributed by atoms with van der Waals surface area (Å²) in [5.41, 5.74) is 0. The first-order valence-corrected chi connectivity index (χ1v) is 25.9. The molecule has 0 aromatic carbocycles. The van der Waals surface area contributed by atoms with Gasteiger partial charge in [0.25, 0.3) is 0 Å². The minimum Gasteiger partial charge on any atom is -0.394 e. The zero-order chi connectivity index (χ0) is 46.8. The maximum Gasteiger partial charge on any atom is 0.220 e. The van der Waals surface area contributed by atoms with Gasteiger partial charge in [-0.05, 0) is 19.3 Å². The minimum absolute atomic E-state index is 0.240. The number of carbonyl (C=O) groups excluding carboxylic acids is 1. The summed E-state index contributed by atoms with van der Waals surface area (Å²) in [6.45, 7) is 2.73. The number of amides is 1. The van der Waals surface area contributed by atoms with Crippen molar-refractivity contribution in [2.24, 2.45) is 0 Å². The highest BCUT2D eigenvalue weighted by Gasteiger charge is 2.51. The fourth-order valence-corrected chi connectivity index (χ4v) is 8.70. The zero-order valence-corrected chi connectivity index (χ0v) is 40.0. The van der Waals surface area contributed by atoms with Crippen LogP contribution in [-0.2, 0) is 23.7 Å². The number of aliphatic hydroxyl groups excluding tert-OH is 8. The standard InChI is InChI=1S/C50H95NO13/c1-3-5-7-9-11-12-13-14-15-16-17-18-19-20-21-22-23-24-25-26-28-30-32-34-42(55)51-38(39(54)33-31-29-27-10-8-6-4-2)37-61-49-47(60)45(58)48(41(36-53)63-49)64-50-46(59)44(57)43(56)40(35-52)62-50/h31,33,38-41,43-50,52-54,56-60H,3-30,32,34-37H2,1-2H3,(H,51,55)/b33-31+. The molecule has 12 unspecified atom stereocenters. The third kappa shape index (κ3) is 24.7. The number of hydrogen-bond acceptors (Lipinski definition) is 13. The van der Waals surface area contributed by atoms with Crippen molar-refractivity contribution in [1.82, 2.24) is 5.32 Å². The Bertz CT molecular complexity index is 1130. The SMILES string of the molecule is CCCCCCC/C=C/C(O)C(COC1OC(CO)C(OC2OC(CO)C(O)C(O)C2O)C(O)C1O)NC(=O)CCCCCCCCCCCCCCCCCCCCCCCCC. The van der Waals surface area contributed by atoms with Crippen LogP contribution >= 0.6 is 0 Å². The summed E-state index contributed by atoms with van der Waals surface area (Å²) in [7, 11) is 0. The molecule has 2 fully saturated rings. The number of nitrogens with one attached hydrogen (secondary N) is 1. The van der Waals surface area contributed by atoms with Gasteiger partial charge in [0, 0.05) is 6.42 Å². The molecule has 0 spiro atoms. The first-order valence-electron chi connectivity index (χ1n) is 25.9. The molecule has 0 aromatic heterocycles. The minimum atomic E-state index is -1.78. The molecule has 14 heteroatoms. The van der Waals surface area contributed by atoms with Crippen LogP contribution in [0.5, 0.6) is 0 Å². The Kier molecular flexibility index (Phi) is 34.7. The second-order valence-electron chi connectivity index (χ2n) is 18.7. The van der Waals surface area contributed by atoms with Crippen molar-refractivity contribution in [3.8, 4) is 0 Å². The number of rotatable bonds is 40. The van der Waals surface area contributed by atoms with Crippen molar-refractivity contribution in [3.05, 3.63) is 12.2 Å². The topological polar surface area (TPSA) is 228 Å². The Hall–Kier alpha value is -1.27. The largest absolute Gasteiger partial charge is 0.394 e. The van der Waals surface area contributed by atoms with Gasteiger partial charge in [0.1, 0.15) is 48.8 Å². The van der Waals surface area contributed by atoms with Crippen molar-refractivity contribution in [1.29, 1.82) is 0 Å². The normalized spacial score (nSPS) is 27.3. The Morgan fingerprint density at radius 3 is 1.44 bits per heavy atom. The fourth-order valence-electron chi connectivity index (χ4n) is 8.70. The van der Waals surface area contributed by atoms with Gasteiger partial charge in [-0.3, -0.25) is 4.79 Å². The van der Waals surface area contributed by atoms with Crippen LogP contribution in [0.3, 0.4) is 0 Å². The summed E-state index contributed by atoms with van der Waals surface area (Å²) in [5, 5.41) is 86.4. The van der Waals surface area contributed by atoms with Gasteiger partial charge in [-0.25, -0.2) is 0 Å². The van der Waals surface area contributed by atoms with Crippen LogP contribution in [0.4, 0.5) is 0 Å². The maximum absolute atomic E-state index is 13.1. The lowest BCUT2D eigenvalue weighted by Crippen LogP contribution is -2.65. The number of hydrogen-bond donors (Lipinski definition) is 9. The van der Waals surface area contributed by atoms with Crippen LogP contribution in [0.1, 0.15) is 206 Å². The predicted molar refractivity (Wildman–Crippen MR) is 249 cm³/mol. The smallest absolute Gasteiger partial charge is 0.220 e. The first kappa shape index (κ1) is 58.9. The molecule has 14 nitrogen and oxygen atoms in total. The van der Waals surface area contributed by atoms with Crippen LogP contribution < -0.4 is 5.32 Å². The maximum atomic E-state index is 13.1. The molecule has 0 radical (unpaired) electrons. The second-order valence-corrected chi connectivity index (χ2v) is 18.7. The summed E-state index contributed by atoms with van der Waals surface area (Å²) in [5.74, 6) is -0.240. The summed E-state index contributed by atoms with van der Waals surface area (Å²) >= 11 is 0. The second kappa shape index (κ2) is 37.7. The molecule has 64 heavy (non-hydrogen) atoms. The van der Waals surface area contributed by atoms with Crippen molar-refractivity contribution >= 4 is 5.91 Å². The summed E-state index contributed by atoms with van der Waals surface area (Å²) < 4.78 is 22.6. The molecule has 2 saturated heterocycles. The number of allylic oxidation sites excluding steroid dienone is 1. The molecule has 1 amide bonds. The van der Waals surface area contributed by atoms with E-state index in [1.54, 1.807) is 6.08 Å². The van der Waals surface area contributed by atoms with Gasteiger partial charge in [0.15, 0.2) is 12.6 Å². The molecule has 0 saturated carbocycles. The average Bonchev–Trinajstić information content (AvgIpc) is 3.29.